The van der Waals surface area contributed by atoms with E-state index in [0.29, 0.717) is 0 Å². The SMILES string of the molecule is Brc1ccc(Cc2ccccc2)cc1.CCCCCCCCC1(CCCCCCCC)c2cc(-c3ccc(Nc4ccccc4)cc3)ccc2-c2ccc(-c3ccc(Nc4ccccc4)cc3)cc21.CCCCCCCCC1(CCCCCCCC)c2cc(B3OC(C)(C)C(C)(C)O3)ccc2-c2ccc(B3OC(C)(C)C(C)(C)O3)cc21. The lowest BCUT2D eigenvalue weighted by molar-refractivity contribution is 0.00578. The van der Waals surface area contributed by atoms with Crippen LogP contribution in [0, 0.1) is 0 Å². The Balaban J connectivity index is 0.000000184. The van der Waals surface area contributed by atoms with E-state index in [1.54, 1.807) is 11.1 Å². The summed E-state index contributed by atoms with van der Waals surface area (Å²) >= 11 is 3.43. The normalized spacial score (nSPS) is 15.8. The lowest BCUT2D eigenvalue weighted by Gasteiger charge is -2.33. The molecule has 0 bridgehead atoms. The van der Waals surface area contributed by atoms with E-state index in [9.17, 15) is 0 Å². The van der Waals surface area contributed by atoms with Crippen LogP contribution in [-0.4, -0.2) is 36.6 Å². The molecular weight excluding hydrogens is 1480 g/mol. The Morgan fingerprint density at radius 3 is 0.862 bits per heavy atom. The zero-order valence-corrected chi connectivity index (χ0v) is 74.3. The summed E-state index contributed by atoms with van der Waals surface area (Å²) in [7, 11) is -0.731. The minimum absolute atomic E-state index is 0.00973. The van der Waals surface area contributed by atoms with Gasteiger partial charge >= 0.3 is 14.2 Å². The number of nitrogens with one attached hydrogen (secondary N) is 2. The molecule has 0 saturated carbocycles. The van der Waals surface area contributed by atoms with Gasteiger partial charge in [-0.05, 0) is 249 Å². The van der Waals surface area contributed by atoms with Crippen LogP contribution in [0.5, 0.6) is 0 Å². The molecule has 4 aliphatic rings. The molecule has 10 aromatic carbocycles. The number of fused-ring (bicyclic) bond motifs is 6. The van der Waals surface area contributed by atoms with Crippen molar-refractivity contribution in [2.45, 2.75) is 303 Å². The minimum atomic E-state index is -0.370. The molecule has 2 heterocycles. The molecule has 2 fully saturated rings. The van der Waals surface area contributed by atoms with Crippen LogP contribution in [0.4, 0.5) is 22.7 Å². The summed E-state index contributed by atoms with van der Waals surface area (Å²) in [6, 6.07) is 86.7. The third-order valence-electron chi connectivity index (χ3n) is 26.4. The highest BCUT2D eigenvalue weighted by Crippen LogP contribution is 2.57. The van der Waals surface area contributed by atoms with Gasteiger partial charge in [0.1, 0.15) is 0 Å². The fraction of sp³-hybridized carbons (Fsp3) is 0.439. The average molecular weight is 1610 g/mol. The molecule has 14 rings (SSSR count). The van der Waals surface area contributed by atoms with Gasteiger partial charge in [0.25, 0.3) is 0 Å². The number of hydrogen-bond donors (Lipinski definition) is 2. The Morgan fingerprint density at radius 1 is 0.267 bits per heavy atom. The van der Waals surface area contributed by atoms with Crippen molar-refractivity contribution in [2.75, 3.05) is 10.6 Å². The second-order valence-corrected chi connectivity index (χ2v) is 36.9. The summed E-state index contributed by atoms with van der Waals surface area (Å²) in [5.41, 5.74) is 24.7. The number of rotatable bonds is 38. The first-order chi connectivity index (χ1) is 56.2. The van der Waals surface area contributed by atoms with E-state index in [-0.39, 0.29) is 47.5 Å². The third kappa shape index (κ3) is 21.8. The van der Waals surface area contributed by atoms with Crippen molar-refractivity contribution < 1.29 is 18.6 Å². The van der Waals surface area contributed by atoms with Gasteiger partial charge in [-0.3, -0.25) is 0 Å². The maximum absolute atomic E-state index is 6.60. The Kier molecular flexibility index (Phi) is 31.2. The Hall–Kier alpha value is -7.75. The van der Waals surface area contributed by atoms with Crippen LogP contribution in [0.2, 0.25) is 0 Å². The zero-order valence-electron chi connectivity index (χ0n) is 72.7. The van der Waals surface area contributed by atoms with Gasteiger partial charge in [-0.15, -0.1) is 0 Å². The second kappa shape index (κ2) is 41.3. The predicted molar refractivity (Wildman–Crippen MR) is 502 cm³/mol. The molecule has 0 atom stereocenters. The largest absolute Gasteiger partial charge is 0.494 e. The number of halogens is 1. The second-order valence-electron chi connectivity index (χ2n) is 36.0. The molecule has 2 N–H and O–H groups in total. The molecule has 610 valence electrons. The summed E-state index contributed by atoms with van der Waals surface area (Å²) in [4.78, 5) is 0. The Labute approximate surface area is 709 Å². The number of benzene rings is 10. The van der Waals surface area contributed by atoms with Crippen molar-refractivity contribution in [1.82, 2.24) is 0 Å². The van der Waals surface area contributed by atoms with Crippen molar-refractivity contribution in [3.8, 4) is 44.5 Å². The van der Waals surface area contributed by atoms with Gasteiger partial charge in [0, 0.05) is 38.1 Å². The van der Waals surface area contributed by atoms with E-state index in [1.165, 1.54) is 234 Å². The van der Waals surface area contributed by atoms with Crippen molar-refractivity contribution in [3.63, 3.8) is 0 Å². The maximum Gasteiger partial charge on any atom is 0.494 e. The molecule has 9 heteroatoms. The minimum Gasteiger partial charge on any atom is -0.399 e. The molecule has 6 nitrogen and oxygen atoms in total. The van der Waals surface area contributed by atoms with Crippen LogP contribution in [0.1, 0.15) is 296 Å². The molecule has 116 heavy (non-hydrogen) atoms. The lowest BCUT2D eigenvalue weighted by Crippen LogP contribution is -2.41. The van der Waals surface area contributed by atoms with Crippen LogP contribution < -0.4 is 21.6 Å². The van der Waals surface area contributed by atoms with Crippen LogP contribution in [0.25, 0.3) is 44.5 Å². The smallest absolute Gasteiger partial charge is 0.399 e. The van der Waals surface area contributed by atoms with Crippen LogP contribution in [0.3, 0.4) is 0 Å². The quantitative estimate of drug-likeness (QED) is 0.0297. The molecule has 2 saturated heterocycles. The first-order valence-corrected chi connectivity index (χ1v) is 45.9. The molecule has 0 radical (unpaired) electrons. The van der Waals surface area contributed by atoms with Gasteiger partial charge < -0.3 is 29.3 Å². The lowest BCUT2D eigenvalue weighted by atomic mass is 9.67. The summed E-state index contributed by atoms with van der Waals surface area (Å²) < 4.78 is 27.5. The number of para-hydroxylation sites is 2. The van der Waals surface area contributed by atoms with Gasteiger partial charge in [-0.2, -0.15) is 0 Å². The molecular formula is C107H135B2BrN2O4. The Morgan fingerprint density at radius 2 is 0.534 bits per heavy atom. The summed E-state index contributed by atoms with van der Waals surface area (Å²) in [5.74, 6) is 0. The van der Waals surface area contributed by atoms with Crippen LogP contribution in [-0.2, 0) is 35.9 Å². The molecule has 0 aromatic heterocycles. The molecule has 2 aliphatic carbocycles. The van der Waals surface area contributed by atoms with E-state index in [1.807, 2.05) is 6.07 Å². The predicted octanol–water partition coefficient (Wildman–Crippen LogP) is 30.4. The van der Waals surface area contributed by atoms with Crippen molar-refractivity contribution >= 4 is 63.8 Å². The van der Waals surface area contributed by atoms with E-state index >= 15 is 0 Å². The first kappa shape index (κ1) is 87.6. The van der Waals surface area contributed by atoms with Gasteiger partial charge in [0.2, 0.25) is 0 Å². The van der Waals surface area contributed by atoms with E-state index in [2.05, 4.69) is 340 Å². The van der Waals surface area contributed by atoms with Crippen LogP contribution >= 0.6 is 15.9 Å². The standard InChI is InChI=1S/C53H60N2.C41H64B2O4.C13H11Br/c1-3-5-7-9-11-19-37-53(38-20-12-10-8-6-4-2)51-39-43(41-25-31-47(32-26-41)54-45-21-15-13-16-22-45)29-35-49(51)50-36-30-44(40-52(50)53)42-27-33-48(34-28-42)55-46-23-17-14-18-24-46;1-11-13-15-17-19-21-27-41(28-22-20-18-16-14-12-2)35-29-31(42-44-37(3,4)38(5,6)45-42)23-25-33(35)34-26-24-32(30-36(34)41)43-46-39(7,8)40(9,10)47-43;14-13-8-6-12(7-9-13)10-11-4-2-1-3-5-11/h13-18,21-36,39-40,54-55H,3-12,19-20,37-38H2,1-2H3;23-26,29-30H,11-22,27-28H2,1-10H3;1-9H,10H2. The fourth-order valence-electron chi connectivity index (χ4n) is 18.1. The van der Waals surface area contributed by atoms with E-state index in [4.69, 9.17) is 18.6 Å². The zero-order chi connectivity index (χ0) is 81.6. The first-order valence-electron chi connectivity index (χ1n) is 45.1. The van der Waals surface area contributed by atoms with E-state index in [0.717, 1.165) is 57.4 Å². The van der Waals surface area contributed by atoms with Gasteiger partial charge in [-0.25, -0.2) is 0 Å². The van der Waals surface area contributed by atoms with Crippen molar-refractivity contribution in [1.29, 1.82) is 0 Å². The van der Waals surface area contributed by atoms with Crippen LogP contribution in [0.15, 0.2) is 241 Å². The van der Waals surface area contributed by atoms with Gasteiger partial charge in [0.05, 0.1) is 22.4 Å². The fourth-order valence-corrected chi connectivity index (χ4v) is 18.4. The van der Waals surface area contributed by atoms with E-state index < -0.39 is 0 Å². The summed E-state index contributed by atoms with van der Waals surface area (Å²) in [6.07, 6.45) is 37.2. The van der Waals surface area contributed by atoms with Crippen molar-refractivity contribution in [3.05, 3.63) is 274 Å². The van der Waals surface area contributed by atoms with Crippen molar-refractivity contribution in [2.24, 2.45) is 0 Å². The topological polar surface area (TPSA) is 61.0 Å². The average Bonchev–Trinajstić information content (AvgIpc) is 1.56. The van der Waals surface area contributed by atoms with Gasteiger partial charge in [-0.1, -0.05) is 362 Å². The summed E-state index contributed by atoms with van der Waals surface area (Å²) in [6.45, 7) is 26.4. The highest BCUT2D eigenvalue weighted by molar-refractivity contribution is 9.10. The maximum atomic E-state index is 6.60. The molecule has 2 aliphatic heterocycles. The number of anilines is 4. The molecule has 10 aromatic rings. The number of hydrogen-bond acceptors (Lipinski definition) is 6. The molecule has 0 unspecified atom stereocenters. The highest BCUT2D eigenvalue weighted by atomic mass is 79.9. The highest BCUT2D eigenvalue weighted by Gasteiger charge is 2.55. The Bertz CT molecular complexity index is 4390. The number of unbranched alkanes of at least 4 members (excludes halogenated alkanes) is 20. The third-order valence-corrected chi connectivity index (χ3v) is 26.9. The molecule has 0 amide bonds. The van der Waals surface area contributed by atoms with Gasteiger partial charge in [0.15, 0.2) is 0 Å². The monoisotopic (exact) mass is 1610 g/mol. The summed E-state index contributed by atoms with van der Waals surface area (Å²) in [5, 5.41) is 7.12. The molecule has 0 spiro atoms.